The van der Waals surface area contributed by atoms with Gasteiger partial charge in [-0.1, -0.05) is 0 Å². The van der Waals surface area contributed by atoms with Crippen LogP contribution in [0.4, 0.5) is 0 Å². The summed E-state index contributed by atoms with van der Waals surface area (Å²) in [6, 6.07) is 4.30. The number of benzene rings is 1. The van der Waals surface area contributed by atoms with Crippen molar-refractivity contribution in [1.29, 1.82) is 0 Å². The van der Waals surface area contributed by atoms with E-state index in [2.05, 4.69) is 20.7 Å². The van der Waals surface area contributed by atoms with E-state index in [-0.39, 0.29) is 11.4 Å². The molecular weight excluding hydrogens is 350 g/mol. The molecule has 0 fully saturated rings. The van der Waals surface area contributed by atoms with E-state index in [0.29, 0.717) is 10.2 Å². The molecule has 0 saturated heterocycles. The standard InChI is InChI=1S/C12H16BrNO5S/c1-12(2,11(15)16)7-14-20(17,18)8-4-5-10(19-3)9(13)6-8/h4-6,14H,7H2,1-3H3,(H,15,16). The first-order valence-electron chi connectivity index (χ1n) is 5.67. The number of carboxylic acids is 1. The van der Waals surface area contributed by atoms with Gasteiger partial charge in [0.05, 0.1) is 21.9 Å². The summed E-state index contributed by atoms with van der Waals surface area (Å²) in [4.78, 5) is 11.0. The minimum absolute atomic E-state index is 0.0337. The lowest BCUT2D eigenvalue weighted by Gasteiger charge is -2.19. The largest absolute Gasteiger partial charge is 0.496 e. The number of methoxy groups -OCH3 is 1. The van der Waals surface area contributed by atoms with Gasteiger partial charge < -0.3 is 9.84 Å². The Hall–Kier alpha value is -1.12. The molecule has 0 aliphatic carbocycles. The molecule has 0 aromatic heterocycles. The zero-order valence-electron chi connectivity index (χ0n) is 11.3. The van der Waals surface area contributed by atoms with Crippen LogP contribution in [0, 0.1) is 5.41 Å². The number of hydrogen-bond donors (Lipinski definition) is 2. The molecule has 0 aliphatic heterocycles. The zero-order valence-corrected chi connectivity index (χ0v) is 13.7. The second kappa shape index (κ2) is 6.11. The van der Waals surface area contributed by atoms with E-state index in [9.17, 15) is 13.2 Å². The molecular formula is C12H16BrNO5S. The molecule has 2 N–H and O–H groups in total. The lowest BCUT2D eigenvalue weighted by atomic mass is 9.95. The fourth-order valence-electron chi connectivity index (χ4n) is 1.25. The summed E-state index contributed by atoms with van der Waals surface area (Å²) < 4.78 is 32.0. The first kappa shape index (κ1) is 16.9. The Balaban J connectivity index is 2.95. The molecule has 0 atom stereocenters. The molecule has 0 unspecified atom stereocenters. The SMILES string of the molecule is COc1ccc(S(=O)(=O)NCC(C)(C)C(=O)O)cc1Br. The maximum Gasteiger partial charge on any atom is 0.310 e. The van der Waals surface area contributed by atoms with Gasteiger partial charge in [0, 0.05) is 6.54 Å². The highest BCUT2D eigenvalue weighted by molar-refractivity contribution is 9.10. The first-order chi connectivity index (χ1) is 9.10. The number of carboxylic acid groups (broad SMARTS) is 1. The molecule has 0 heterocycles. The predicted molar refractivity (Wildman–Crippen MR) is 77.3 cm³/mol. The number of sulfonamides is 1. The van der Waals surface area contributed by atoms with E-state index in [0.717, 1.165) is 0 Å². The van der Waals surface area contributed by atoms with Crippen molar-refractivity contribution in [2.75, 3.05) is 13.7 Å². The van der Waals surface area contributed by atoms with Gasteiger partial charge in [0.15, 0.2) is 0 Å². The van der Waals surface area contributed by atoms with Crippen LogP contribution >= 0.6 is 15.9 Å². The highest BCUT2D eigenvalue weighted by atomic mass is 79.9. The Morgan fingerprint density at radius 3 is 2.50 bits per heavy atom. The zero-order chi connectivity index (χ0) is 15.6. The van der Waals surface area contributed by atoms with Crippen molar-refractivity contribution in [1.82, 2.24) is 4.72 Å². The van der Waals surface area contributed by atoms with Gasteiger partial charge >= 0.3 is 5.97 Å². The summed E-state index contributed by atoms with van der Waals surface area (Å²) in [5.41, 5.74) is -1.18. The Kier molecular flexibility index (Phi) is 5.17. The van der Waals surface area contributed by atoms with Gasteiger partial charge in [-0.15, -0.1) is 0 Å². The molecule has 1 aromatic carbocycles. The molecule has 0 aliphatic rings. The fraction of sp³-hybridized carbons (Fsp3) is 0.417. The summed E-state index contributed by atoms with van der Waals surface area (Å²) in [7, 11) is -2.30. The van der Waals surface area contributed by atoms with Crippen molar-refractivity contribution < 1.29 is 23.1 Å². The molecule has 0 spiro atoms. The van der Waals surface area contributed by atoms with Crippen LogP contribution in [0.2, 0.25) is 0 Å². The molecule has 0 amide bonds. The average Bonchev–Trinajstić information content (AvgIpc) is 2.36. The topological polar surface area (TPSA) is 92.7 Å². The third kappa shape index (κ3) is 3.94. The van der Waals surface area contributed by atoms with E-state index in [1.165, 1.54) is 39.2 Å². The number of halogens is 1. The first-order valence-corrected chi connectivity index (χ1v) is 7.94. The lowest BCUT2D eigenvalue weighted by molar-refractivity contribution is -0.146. The maximum atomic E-state index is 12.1. The van der Waals surface area contributed by atoms with Crippen LogP contribution in [0.5, 0.6) is 5.75 Å². The normalized spacial score (nSPS) is 12.2. The third-order valence-electron chi connectivity index (χ3n) is 2.72. The number of rotatable bonds is 6. The average molecular weight is 366 g/mol. The highest BCUT2D eigenvalue weighted by Crippen LogP contribution is 2.27. The van der Waals surface area contributed by atoms with Crippen molar-refractivity contribution in [2.45, 2.75) is 18.7 Å². The number of hydrogen-bond acceptors (Lipinski definition) is 4. The fourth-order valence-corrected chi connectivity index (χ4v) is 3.18. The second-order valence-corrected chi connectivity index (χ2v) is 7.43. The number of ether oxygens (including phenoxy) is 1. The minimum atomic E-state index is -3.77. The van der Waals surface area contributed by atoms with E-state index >= 15 is 0 Å². The molecule has 6 nitrogen and oxygen atoms in total. The van der Waals surface area contributed by atoms with Crippen LogP contribution in [-0.2, 0) is 14.8 Å². The van der Waals surface area contributed by atoms with E-state index in [1.807, 2.05) is 0 Å². The Bertz CT molecular complexity index is 612. The molecule has 112 valence electrons. The Labute approximate surface area is 126 Å². The Morgan fingerprint density at radius 2 is 2.05 bits per heavy atom. The maximum absolute atomic E-state index is 12.1. The van der Waals surface area contributed by atoms with Gasteiger partial charge in [0.25, 0.3) is 0 Å². The third-order valence-corrected chi connectivity index (χ3v) is 4.74. The monoisotopic (exact) mass is 365 g/mol. The van der Waals surface area contributed by atoms with E-state index in [1.54, 1.807) is 0 Å². The van der Waals surface area contributed by atoms with Gasteiger partial charge in [0.1, 0.15) is 5.75 Å². The summed E-state index contributed by atoms with van der Waals surface area (Å²) >= 11 is 3.20. The molecule has 0 saturated carbocycles. The van der Waals surface area contributed by atoms with Crippen LogP contribution in [-0.4, -0.2) is 33.1 Å². The van der Waals surface area contributed by atoms with E-state index in [4.69, 9.17) is 9.84 Å². The van der Waals surface area contributed by atoms with Crippen molar-refractivity contribution >= 4 is 31.9 Å². The molecule has 8 heteroatoms. The van der Waals surface area contributed by atoms with Crippen molar-refractivity contribution in [3.8, 4) is 5.75 Å². The van der Waals surface area contributed by atoms with Crippen LogP contribution in [0.15, 0.2) is 27.6 Å². The van der Waals surface area contributed by atoms with Crippen LogP contribution in [0.1, 0.15) is 13.8 Å². The highest BCUT2D eigenvalue weighted by Gasteiger charge is 2.29. The number of nitrogens with one attached hydrogen (secondary N) is 1. The second-order valence-electron chi connectivity index (χ2n) is 4.81. The van der Waals surface area contributed by atoms with Crippen molar-refractivity contribution in [2.24, 2.45) is 5.41 Å². The van der Waals surface area contributed by atoms with Gasteiger partial charge in [0.2, 0.25) is 10.0 Å². The van der Waals surface area contributed by atoms with Gasteiger partial charge in [-0.05, 0) is 48.0 Å². The van der Waals surface area contributed by atoms with Gasteiger partial charge in [-0.25, -0.2) is 13.1 Å². The van der Waals surface area contributed by atoms with Crippen molar-refractivity contribution in [3.05, 3.63) is 22.7 Å². The Morgan fingerprint density at radius 1 is 1.45 bits per heavy atom. The summed E-state index contributed by atoms with van der Waals surface area (Å²) in [6.07, 6.45) is 0. The van der Waals surface area contributed by atoms with Gasteiger partial charge in [-0.2, -0.15) is 0 Å². The lowest BCUT2D eigenvalue weighted by Crippen LogP contribution is -2.38. The summed E-state index contributed by atoms with van der Waals surface area (Å²) in [5.74, 6) is -0.564. The smallest absolute Gasteiger partial charge is 0.310 e. The molecule has 0 radical (unpaired) electrons. The van der Waals surface area contributed by atoms with Crippen LogP contribution < -0.4 is 9.46 Å². The summed E-state index contributed by atoms with van der Waals surface area (Å²) in [5, 5.41) is 8.96. The quantitative estimate of drug-likeness (QED) is 0.802. The van der Waals surface area contributed by atoms with Crippen LogP contribution in [0.3, 0.4) is 0 Å². The molecule has 1 aromatic rings. The minimum Gasteiger partial charge on any atom is -0.496 e. The van der Waals surface area contributed by atoms with Crippen molar-refractivity contribution in [3.63, 3.8) is 0 Å². The molecule has 1 rings (SSSR count). The number of carbonyl (C=O) groups is 1. The van der Waals surface area contributed by atoms with Crippen LogP contribution in [0.25, 0.3) is 0 Å². The predicted octanol–water partition coefficient (Wildman–Crippen LogP) is 1.85. The molecule has 20 heavy (non-hydrogen) atoms. The summed E-state index contributed by atoms with van der Waals surface area (Å²) in [6.45, 7) is 2.69. The van der Waals surface area contributed by atoms with E-state index < -0.39 is 21.4 Å². The molecule has 0 bridgehead atoms. The van der Waals surface area contributed by atoms with Gasteiger partial charge in [-0.3, -0.25) is 4.79 Å². The number of aliphatic carboxylic acids is 1.